The number of hydrogen-bond acceptors (Lipinski definition) is 1. The van der Waals surface area contributed by atoms with E-state index >= 15 is 0 Å². The molecule has 0 saturated carbocycles. The van der Waals surface area contributed by atoms with Crippen molar-refractivity contribution in [2.75, 3.05) is 0 Å². The first-order valence-corrected chi connectivity index (χ1v) is 7.36. The van der Waals surface area contributed by atoms with Crippen molar-refractivity contribution >= 4 is 5.91 Å². The van der Waals surface area contributed by atoms with Crippen LogP contribution in [0, 0.1) is 11.2 Å². The summed E-state index contributed by atoms with van der Waals surface area (Å²) in [7, 11) is 0. The van der Waals surface area contributed by atoms with E-state index in [0.29, 0.717) is 18.4 Å². The predicted molar refractivity (Wildman–Crippen MR) is 72.4 cm³/mol. The lowest BCUT2D eigenvalue weighted by Crippen LogP contribution is -2.40. The number of carbonyl (C=O) groups excluding carboxylic acids is 1. The topological polar surface area (TPSA) is 20.3 Å². The lowest BCUT2D eigenvalue weighted by atomic mass is 9.81. The van der Waals surface area contributed by atoms with Gasteiger partial charge in [-0.15, -0.1) is 0 Å². The molecule has 0 aliphatic carbocycles. The fourth-order valence-corrected chi connectivity index (χ4v) is 3.83. The van der Waals surface area contributed by atoms with Crippen molar-refractivity contribution in [2.24, 2.45) is 5.41 Å². The fourth-order valence-electron chi connectivity index (χ4n) is 3.83. The Hall–Kier alpha value is -1.52. The highest BCUT2D eigenvalue weighted by atomic mass is 19.3. The number of benzene rings is 1. The Bertz CT molecular complexity index is 562. The Morgan fingerprint density at radius 2 is 2.14 bits per heavy atom. The molecule has 2 fully saturated rings. The maximum absolute atomic E-state index is 13.4. The predicted octanol–water partition coefficient (Wildman–Crippen LogP) is 3.92. The second-order valence-electron chi connectivity index (χ2n) is 6.03. The van der Waals surface area contributed by atoms with Crippen LogP contribution in [0.5, 0.6) is 0 Å². The number of carbonyl (C=O) groups is 1. The molecule has 0 N–H and O–H groups in total. The zero-order valence-electron chi connectivity index (χ0n) is 11.9. The second kappa shape index (κ2) is 5.04. The van der Waals surface area contributed by atoms with Crippen molar-refractivity contribution in [1.82, 2.24) is 4.90 Å². The number of nitrogens with zero attached hydrogens (tertiary/aromatic N) is 1. The third kappa shape index (κ3) is 2.05. The molecule has 3 atom stereocenters. The molecular formula is C16H18F3NO. The molecule has 0 radical (unpaired) electrons. The Kier molecular flexibility index (Phi) is 3.46. The van der Waals surface area contributed by atoms with E-state index in [1.807, 2.05) is 0 Å². The van der Waals surface area contributed by atoms with Crippen molar-refractivity contribution in [2.45, 2.75) is 51.1 Å². The zero-order chi connectivity index (χ0) is 15.2. The van der Waals surface area contributed by atoms with Gasteiger partial charge < -0.3 is 4.90 Å². The van der Waals surface area contributed by atoms with E-state index in [0.717, 1.165) is 0 Å². The number of hydrogen-bond donors (Lipinski definition) is 0. The molecule has 1 amide bonds. The monoisotopic (exact) mass is 297 g/mol. The average molecular weight is 297 g/mol. The lowest BCUT2D eigenvalue weighted by Gasteiger charge is -2.29. The number of rotatable bonds is 3. The molecule has 114 valence electrons. The second-order valence-corrected chi connectivity index (χ2v) is 6.03. The van der Waals surface area contributed by atoms with Crippen LogP contribution in [0.1, 0.15) is 44.2 Å². The van der Waals surface area contributed by atoms with Crippen LogP contribution in [0.4, 0.5) is 13.2 Å². The van der Waals surface area contributed by atoms with E-state index in [9.17, 15) is 18.0 Å². The third-order valence-corrected chi connectivity index (χ3v) is 5.04. The number of fused-ring (bicyclic) bond motifs is 1. The molecule has 1 aromatic rings. The standard InChI is InChI=1S/C16H18F3NO/c1-2-16(14(18)19)9-12-6-7-13(20(12)15(16)21)10-4-3-5-11(17)8-10/h3-5,8,12-14H,2,6-7,9H2,1H3/t12-,13+,16+/m1/s1. The van der Waals surface area contributed by atoms with E-state index in [-0.39, 0.29) is 30.7 Å². The summed E-state index contributed by atoms with van der Waals surface area (Å²) in [6, 6.07) is 5.69. The summed E-state index contributed by atoms with van der Waals surface area (Å²) in [6.45, 7) is 1.64. The molecule has 2 aliphatic rings. The van der Waals surface area contributed by atoms with Crippen LogP contribution in [0.15, 0.2) is 24.3 Å². The fraction of sp³-hybridized carbons (Fsp3) is 0.562. The van der Waals surface area contributed by atoms with Crippen molar-refractivity contribution in [3.63, 3.8) is 0 Å². The Morgan fingerprint density at radius 3 is 2.76 bits per heavy atom. The molecular weight excluding hydrogens is 279 g/mol. The zero-order valence-corrected chi connectivity index (χ0v) is 11.9. The van der Waals surface area contributed by atoms with Crippen molar-refractivity contribution < 1.29 is 18.0 Å². The van der Waals surface area contributed by atoms with Gasteiger partial charge in [-0.05, 0) is 43.4 Å². The van der Waals surface area contributed by atoms with E-state index in [1.54, 1.807) is 24.0 Å². The van der Waals surface area contributed by atoms with Gasteiger partial charge in [0.25, 0.3) is 6.43 Å². The Balaban J connectivity index is 1.94. The molecule has 21 heavy (non-hydrogen) atoms. The molecule has 2 saturated heterocycles. The van der Waals surface area contributed by atoms with Crippen LogP contribution in [0.25, 0.3) is 0 Å². The van der Waals surface area contributed by atoms with E-state index < -0.39 is 17.7 Å². The molecule has 0 spiro atoms. The van der Waals surface area contributed by atoms with Gasteiger partial charge in [0.05, 0.1) is 6.04 Å². The SMILES string of the molecule is CC[C@@]1(C(F)F)C[C@H]2CC[C@@H](c3cccc(F)c3)N2C1=O. The molecule has 2 aliphatic heterocycles. The first-order chi connectivity index (χ1) is 9.99. The van der Waals surface area contributed by atoms with E-state index in [4.69, 9.17) is 0 Å². The van der Waals surface area contributed by atoms with Gasteiger partial charge in [0.2, 0.25) is 5.91 Å². The molecule has 1 aromatic carbocycles. The van der Waals surface area contributed by atoms with Gasteiger partial charge in [-0.1, -0.05) is 19.1 Å². The molecule has 2 nitrogen and oxygen atoms in total. The van der Waals surface area contributed by atoms with Crippen LogP contribution < -0.4 is 0 Å². The summed E-state index contributed by atoms with van der Waals surface area (Å²) in [6.07, 6.45) is -0.864. The summed E-state index contributed by atoms with van der Waals surface area (Å²) in [5, 5.41) is 0. The summed E-state index contributed by atoms with van der Waals surface area (Å²) >= 11 is 0. The lowest BCUT2D eigenvalue weighted by molar-refractivity contribution is -0.146. The number of alkyl halides is 2. The number of halogens is 3. The summed E-state index contributed by atoms with van der Waals surface area (Å²) in [5.41, 5.74) is -0.844. The summed E-state index contributed by atoms with van der Waals surface area (Å²) in [5.74, 6) is -0.824. The highest BCUT2D eigenvalue weighted by molar-refractivity contribution is 5.86. The van der Waals surface area contributed by atoms with Crippen molar-refractivity contribution in [3.05, 3.63) is 35.6 Å². The van der Waals surface area contributed by atoms with E-state index in [1.165, 1.54) is 12.1 Å². The highest BCUT2D eigenvalue weighted by Crippen LogP contribution is 2.52. The van der Waals surface area contributed by atoms with Gasteiger partial charge in [0.1, 0.15) is 11.2 Å². The maximum atomic E-state index is 13.4. The van der Waals surface area contributed by atoms with Crippen molar-refractivity contribution in [3.8, 4) is 0 Å². The van der Waals surface area contributed by atoms with E-state index in [2.05, 4.69) is 0 Å². The molecule has 3 rings (SSSR count). The smallest absolute Gasteiger partial charge is 0.252 e. The minimum Gasteiger partial charge on any atom is -0.332 e. The molecule has 2 heterocycles. The largest absolute Gasteiger partial charge is 0.332 e. The first-order valence-electron chi connectivity index (χ1n) is 7.36. The molecule has 5 heteroatoms. The van der Waals surface area contributed by atoms with Crippen LogP contribution in [0.3, 0.4) is 0 Å². The third-order valence-electron chi connectivity index (χ3n) is 5.04. The van der Waals surface area contributed by atoms with Crippen LogP contribution in [0.2, 0.25) is 0 Å². The van der Waals surface area contributed by atoms with Gasteiger partial charge in [-0.25, -0.2) is 13.2 Å². The van der Waals surface area contributed by atoms with Gasteiger partial charge in [-0.3, -0.25) is 4.79 Å². The Labute approximate surface area is 121 Å². The normalized spacial score (nSPS) is 32.0. The van der Waals surface area contributed by atoms with Gasteiger partial charge in [0.15, 0.2) is 0 Å². The van der Waals surface area contributed by atoms with Crippen LogP contribution >= 0.6 is 0 Å². The number of amides is 1. The van der Waals surface area contributed by atoms with Gasteiger partial charge >= 0.3 is 0 Å². The Morgan fingerprint density at radius 1 is 1.38 bits per heavy atom. The molecule has 0 aromatic heterocycles. The first kappa shape index (κ1) is 14.4. The molecule has 0 bridgehead atoms. The van der Waals surface area contributed by atoms with Crippen LogP contribution in [-0.4, -0.2) is 23.3 Å². The summed E-state index contributed by atoms with van der Waals surface area (Å²) in [4.78, 5) is 14.2. The van der Waals surface area contributed by atoms with Crippen LogP contribution in [-0.2, 0) is 4.79 Å². The van der Waals surface area contributed by atoms with Crippen molar-refractivity contribution in [1.29, 1.82) is 0 Å². The average Bonchev–Trinajstić information content (AvgIpc) is 2.98. The highest BCUT2D eigenvalue weighted by Gasteiger charge is 2.59. The minimum atomic E-state index is -2.64. The maximum Gasteiger partial charge on any atom is 0.252 e. The summed E-state index contributed by atoms with van der Waals surface area (Å²) < 4.78 is 40.3. The molecule has 0 unspecified atom stereocenters. The van der Waals surface area contributed by atoms with Gasteiger partial charge in [-0.2, -0.15) is 0 Å². The minimum absolute atomic E-state index is 0.139. The van der Waals surface area contributed by atoms with Gasteiger partial charge in [0, 0.05) is 6.04 Å². The quantitative estimate of drug-likeness (QED) is 0.828.